The minimum atomic E-state index is -1.01. The molecule has 1 aliphatic carbocycles. The van der Waals surface area contributed by atoms with Crippen LogP contribution in [0, 0.1) is 0 Å². The molecule has 0 saturated heterocycles. The van der Waals surface area contributed by atoms with E-state index in [-0.39, 0.29) is 29.6 Å². The lowest BCUT2D eigenvalue weighted by Gasteiger charge is -2.38. The summed E-state index contributed by atoms with van der Waals surface area (Å²) in [5.74, 6) is -1.19. The van der Waals surface area contributed by atoms with Crippen molar-refractivity contribution in [1.29, 1.82) is 0 Å². The van der Waals surface area contributed by atoms with Crippen molar-refractivity contribution in [1.82, 2.24) is 0 Å². The summed E-state index contributed by atoms with van der Waals surface area (Å²) in [6.07, 6.45) is 2.12. The summed E-state index contributed by atoms with van der Waals surface area (Å²) in [5, 5.41) is 9.09. The van der Waals surface area contributed by atoms with E-state index in [9.17, 15) is 14.4 Å². The fraction of sp³-hybridized carbons (Fsp3) is 0.227. The lowest BCUT2D eigenvalue weighted by molar-refractivity contribution is -0.119. The summed E-state index contributed by atoms with van der Waals surface area (Å²) in [6, 6.07) is 15.9. The number of carboxylic acid groups (broad SMARTS) is 1. The van der Waals surface area contributed by atoms with Crippen molar-refractivity contribution in [2.75, 3.05) is 4.90 Å². The van der Waals surface area contributed by atoms with Crippen molar-refractivity contribution in [3.63, 3.8) is 0 Å². The highest BCUT2D eigenvalue weighted by molar-refractivity contribution is 6.07. The monoisotopic (exact) mass is 361 g/mol. The second-order valence-corrected chi connectivity index (χ2v) is 6.89. The lowest BCUT2D eigenvalue weighted by Crippen LogP contribution is -2.40. The molecule has 1 N–H and O–H groups in total. The van der Waals surface area contributed by atoms with Gasteiger partial charge in [-0.05, 0) is 42.7 Å². The van der Waals surface area contributed by atoms with E-state index in [1.54, 1.807) is 17.0 Å². The molecule has 0 unspecified atom stereocenters. The van der Waals surface area contributed by atoms with Crippen LogP contribution in [0.2, 0.25) is 0 Å². The molecule has 27 heavy (non-hydrogen) atoms. The van der Waals surface area contributed by atoms with Gasteiger partial charge in [0.1, 0.15) is 0 Å². The van der Waals surface area contributed by atoms with Crippen molar-refractivity contribution in [3.05, 3.63) is 77.0 Å². The minimum Gasteiger partial charge on any atom is -0.478 e. The molecule has 0 saturated carbocycles. The number of aromatic carboxylic acids is 1. The molecule has 0 fully saturated rings. The van der Waals surface area contributed by atoms with Crippen LogP contribution in [0.3, 0.4) is 0 Å². The second-order valence-electron chi connectivity index (χ2n) is 6.89. The number of Topliss-reactive ketones (excluding diaryl/α,β-unsaturated/α-hetero) is 1. The number of hydrogen-bond acceptors (Lipinski definition) is 3. The Balaban J connectivity index is 1.81. The van der Waals surface area contributed by atoms with E-state index in [0.29, 0.717) is 18.5 Å². The quantitative estimate of drug-likeness (QED) is 0.899. The molecule has 5 heteroatoms. The molecule has 0 bridgehead atoms. The van der Waals surface area contributed by atoms with Crippen molar-refractivity contribution >= 4 is 23.3 Å². The Morgan fingerprint density at radius 3 is 2.33 bits per heavy atom. The van der Waals surface area contributed by atoms with Crippen molar-refractivity contribution in [2.45, 2.75) is 31.6 Å². The summed E-state index contributed by atoms with van der Waals surface area (Å²) in [6.45, 7) is 0. The third kappa shape index (κ3) is 3.05. The van der Waals surface area contributed by atoms with E-state index in [0.717, 1.165) is 23.3 Å². The van der Waals surface area contributed by atoms with Gasteiger partial charge in [0.05, 0.1) is 5.56 Å². The van der Waals surface area contributed by atoms with E-state index < -0.39 is 5.97 Å². The highest BCUT2D eigenvalue weighted by Gasteiger charge is 2.39. The molecule has 136 valence electrons. The molecule has 0 aromatic heterocycles. The minimum absolute atomic E-state index is 0.0691. The summed E-state index contributed by atoms with van der Waals surface area (Å²) in [4.78, 5) is 38.5. The van der Waals surface area contributed by atoms with Crippen molar-refractivity contribution in [3.8, 4) is 0 Å². The SMILES string of the molecule is O=C1CCCC2=C1[C@H](c1ccccc1)CC(=O)N2c1ccc(C(=O)O)cc1. The summed E-state index contributed by atoms with van der Waals surface area (Å²) in [7, 11) is 0. The number of nitrogens with zero attached hydrogens (tertiary/aromatic N) is 1. The number of ketones is 1. The molecule has 1 heterocycles. The molecule has 4 rings (SSSR count). The predicted molar refractivity (Wildman–Crippen MR) is 101 cm³/mol. The maximum Gasteiger partial charge on any atom is 0.335 e. The summed E-state index contributed by atoms with van der Waals surface area (Å²) >= 11 is 0. The molecule has 0 radical (unpaired) electrons. The molecule has 2 aromatic rings. The van der Waals surface area contributed by atoms with Gasteiger partial charge in [-0.25, -0.2) is 4.79 Å². The van der Waals surface area contributed by atoms with Gasteiger partial charge in [-0.2, -0.15) is 0 Å². The molecule has 1 aliphatic heterocycles. The summed E-state index contributed by atoms with van der Waals surface area (Å²) in [5.41, 5.74) is 3.25. The van der Waals surface area contributed by atoms with Gasteiger partial charge in [0.15, 0.2) is 5.78 Å². The van der Waals surface area contributed by atoms with Crippen molar-refractivity contribution < 1.29 is 19.5 Å². The van der Waals surface area contributed by atoms with Gasteiger partial charge >= 0.3 is 5.97 Å². The van der Waals surface area contributed by atoms with Gasteiger partial charge < -0.3 is 5.11 Å². The Bertz CT molecular complexity index is 944. The molecule has 2 aliphatic rings. The van der Waals surface area contributed by atoms with Gasteiger partial charge in [-0.3, -0.25) is 14.5 Å². The highest BCUT2D eigenvalue weighted by atomic mass is 16.4. The zero-order valence-electron chi connectivity index (χ0n) is 14.7. The fourth-order valence-electron chi connectivity index (χ4n) is 4.02. The molecule has 2 aromatic carbocycles. The fourth-order valence-corrected chi connectivity index (χ4v) is 4.02. The van der Waals surface area contributed by atoms with Crippen LogP contribution in [0.25, 0.3) is 0 Å². The van der Waals surface area contributed by atoms with Gasteiger partial charge in [-0.15, -0.1) is 0 Å². The lowest BCUT2D eigenvalue weighted by atomic mass is 9.77. The molecule has 0 spiro atoms. The molecule has 5 nitrogen and oxygen atoms in total. The first-order chi connectivity index (χ1) is 13.1. The number of carboxylic acids is 1. The van der Waals surface area contributed by atoms with Crippen LogP contribution in [0.4, 0.5) is 5.69 Å². The number of carbonyl (C=O) groups excluding carboxylic acids is 2. The third-order valence-electron chi connectivity index (χ3n) is 5.25. The van der Waals surface area contributed by atoms with Crippen LogP contribution < -0.4 is 4.90 Å². The normalized spacial score (nSPS) is 19.9. The standard InChI is InChI=1S/C22H19NO4/c24-19-8-4-7-18-21(19)17(14-5-2-1-3-6-14)13-20(25)23(18)16-11-9-15(10-12-16)22(26)27/h1-3,5-6,9-12,17H,4,7-8,13H2,(H,26,27)/t17-/m0/s1. The number of amides is 1. The van der Waals surface area contributed by atoms with Gasteiger partial charge in [0.25, 0.3) is 0 Å². The number of anilines is 1. The topological polar surface area (TPSA) is 74.7 Å². The van der Waals surface area contributed by atoms with Crippen LogP contribution in [-0.2, 0) is 9.59 Å². The van der Waals surface area contributed by atoms with Gasteiger partial charge in [0.2, 0.25) is 5.91 Å². The molecule has 1 atom stereocenters. The molecular weight excluding hydrogens is 342 g/mol. The van der Waals surface area contributed by atoms with Crippen LogP contribution in [0.15, 0.2) is 65.9 Å². The van der Waals surface area contributed by atoms with E-state index in [1.165, 1.54) is 12.1 Å². The van der Waals surface area contributed by atoms with Gasteiger partial charge in [-0.1, -0.05) is 30.3 Å². The first-order valence-corrected chi connectivity index (χ1v) is 9.04. The van der Waals surface area contributed by atoms with E-state index in [1.807, 2.05) is 30.3 Å². The highest BCUT2D eigenvalue weighted by Crippen LogP contribution is 2.43. The van der Waals surface area contributed by atoms with E-state index >= 15 is 0 Å². The predicted octanol–water partition coefficient (Wildman–Crippen LogP) is 3.91. The maximum atomic E-state index is 13.0. The molecule has 1 amide bonds. The summed E-state index contributed by atoms with van der Waals surface area (Å²) < 4.78 is 0. The van der Waals surface area contributed by atoms with Gasteiger partial charge in [0, 0.05) is 35.7 Å². The Morgan fingerprint density at radius 1 is 0.963 bits per heavy atom. The zero-order chi connectivity index (χ0) is 19.0. The smallest absolute Gasteiger partial charge is 0.335 e. The number of rotatable bonds is 3. The third-order valence-corrected chi connectivity index (χ3v) is 5.25. The number of hydrogen-bond donors (Lipinski definition) is 1. The van der Waals surface area contributed by atoms with E-state index in [2.05, 4.69) is 0 Å². The molecular formula is C22H19NO4. The second kappa shape index (κ2) is 6.83. The van der Waals surface area contributed by atoms with Crippen LogP contribution in [0.5, 0.6) is 0 Å². The van der Waals surface area contributed by atoms with Crippen LogP contribution >= 0.6 is 0 Å². The number of carbonyl (C=O) groups is 3. The first kappa shape index (κ1) is 17.2. The first-order valence-electron chi connectivity index (χ1n) is 9.04. The Labute approximate surface area is 156 Å². The average molecular weight is 361 g/mol. The average Bonchev–Trinajstić information content (AvgIpc) is 2.68. The van der Waals surface area contributed by atoms with Crippen LogP contribution in [0.1, 0.15) is 47.5 Å². The van der Waals surface area contributed by atoms with Crippen LogP contribution in [-0.4, -0.2) is 22.8 Å². The largest absolute Gasteiger partial charge is 0.478 e. The Kier molecular flexibility index (Phi) is 4.36. The van der Waals surface area contributed by atoms with Crippen molar-refractivity contribution in [2.24, 2.45) is 0 Å². The maximum absolute atomic E-state index is 13.0. The number of allylic oxidation sites excluding steroid dienone is 2. The number of benzene rings is 2. The Hall–Kier alpha value is -3.21. The Morgan fingerprint density at radius 2 is 1.67 bits per heavy atom. The zero-order valence-corrected chi connectivity index (χ0v) is 14.7. The van der Waals surface area contributed by atoms with E-state index in [4.69, 9.17) is 5.11 Å².